The van der Waals surface area contributed by atoms with Crippen molar-refractivity contribution in [2.75, 3.05) is 20.3 Å². The van der Waals surface area contributed by atoms with Gasteiger partial charge in [-0.05, 0) is 32.0 Å². The number of hydrogen-bond donors (Lipinski definition) is 2. The molecule has 1 unspecified atom stereocenters. The van der Waals surface area contributed by atoms with Gasteiger partial charge in [-0.3, -0.25) is 0 Å². The van der Waals surface area contributed by atoms with Crippen LogP contribution < -0.4 is 10.6 Å². The maximum absolute atomic E-state index is 5.13. The summed E-state index contributed by atoms with van der Waals surface area (Å²) in [6, 6.07) is 0.461. The Kier molecular flexibility index (Phi) is 8.98. The average molecular weight is 218 g/mol. The van der Waals surface area contributed by atoms with E-state index in [0.717, 1.165) is 31.1 Å². The molecule has 0 aliphatic heterocycles. The van der Waals surface area contributed by atoms with Crippen LogP contribution in [0.4, 0.5) is 0 Å². The molecule has 0 saturated heterocycles. The smallest absolute Gasteiger partial charge is 0.166 e. The first kappa shape index (κ1) is 13.7. The quantitative estimate of drug-likeness (QED) is 0.503. The lowest BCUT2D eigenvalue weighted by Gasteiger charge is -2.15. The maximum atomic E-state index is 5.13. The highest BCUT2D eigenvalue weighted by molar-refractivity contribution is 7.80. The Morgan fingerprint density at radius 2 is 2.21 bits per heavy atom. The van der Waals surface area contributed by atoms with Crippen molar-refractivity contribution in [3.63, 3.8) is 0 Å². The molecular weight excluding hydrogens is 196 g/mol. The van der Waals surface area contributed by atoms with Gasteiger partial charge in [-0.1, -0.05) is 13.3 Å². The van der Waals surface area contributed by atoms with Crippen LogP contribution in [0, 0.1) is 0 Å². The lowest BCUT2D eigenvalue weighted by molar-refractivity contribution is 0.195. The minimum atomic E-state index is 0.461. The third kappa shape index (κ3) is 8.26. The fraction of sp³-hybridized carbons (Fsp3) is 0.900. The van der Waals surface area contributed by atoms with E-state index in [1.54, 1.807) is 7.11 Å². The molecule has 2 N–H and O–H groups in total. The van der Waals surface area contributed by atoms with E-state index in [1.807, 2.05) is 0 Å². The van der Waals surface area contributed by atoms with Gasteiger partial charge in [-0.2, -0.15) is 0 Å². The standard InChI is InChI=1S/C10H22N2OS/c1-4-6-9(2)12-10(14)11-7-5-8-13-3/h9H,4-8H2,1-3H3,(H2,11,12,14). The Bertz CT molecular complexity index is 153. The molecule has 0 rings (SSSR count). The molecule has 3 nitrogen and oxygen atoms in total. The first-order chi connectivity index (χ1) is 6.70. The summed E-state index contributed by atoms with van der Waals surface area (Å²) in [6.07, 6.45) is 3.32. The van der Waals surface area contributed by atoms with Crippen LogP contribution in [0.3, 0.4) is 0 Å². The van der Waals surface area contributed by atoms with Crippen LogP contribution in [0.5, 0.6) is 0 Å². The normalized spacial score (nSPS) is 12.2. The van der Waals surface area contributed by atoms with E-state index in [1.165, 1.54) is 6.42 Å². The van der Waals surface area contributed by atoms with Gasteiger partial charge >= 0.3 is 0 Å². The fourth-order valence-electron chi connectivity index (χ4n) is 1.20. The summed E-state index contributed by atoms with van der Waals surface area (Å²) in [5.74, 6) is 0. The summed E-state index contributed by atoms with van der Waals surface area (Å²) in [7, 11) is 1.71. The van der Waals surface area contributed by atoms with Crippen LogP contribution in [-0.4, -0.2) is 31.4 Å². The maximum Gasteiger partial charge on any atom is 0.166 e. The number of thiocarbonyl (C=S) groups is 1. The number of hydrogen-bond acceptors (Lipinski definition) is 2. The topological polar surface area (TPSA) is 33.3 Å². The Balaban J connectivity index is 3.35. The Hall–Kier alpha value is -0.350. The predicted octanol–water partition coefficient (Wildman–Crippen LogP) is 1.68. The highest BCUT2D eigenvalue weighted by Crippen LogP contribution is 1.93. The molecule has 0 radical (unpaired) electrons. The lowest BCUT2D eigenvalue weighted by atomic mass is 10.2. The van der Waals surface area contributed by atoms with Crippen LogP contribution in [-0.2, 0) is 4.74 Å². The first-order valence-corrected chi connectivity index (χ1v) is 5.64. The molecule has 0 aliphatic carbocycles. The second-order valence-corrected chi connectivity index (χ2v) is 3.84. The van der Waals surface area contributed by atoms with Crippen molar-refractivity contribution in [2.24, 2.45) is 0 Å². The van der Waals surface area contributed by atoms with Gasteiger partial charge < -0.3 is 15.4 Å². The molecule has 0 aromatic rings. The SMILES string of the molecule is CCCC(C)NC(=S)NCCCOC. The summed E-state index contributed by atoms with van der Waals surface area (Å²) in [5, 5.41) is 7.14. The zero-order valence-electron chi connectivity index (χ0n) is 9.43. The molecule has 0 saturated carbocycles. The van der Waals surface area contributed by atoms with Crippen molar-refractivity contribution in [3.8, 4) is 0 Å². The zero-order chi connectivity index (χ0) is 10.8. The Morgan fingerprint density at radius 3 is 2.79 bits per heavy atom. The molecule has 0 bridgehead atoms. The van der Waals surface area contributed by atoms with Gasteiger partial charge in [-0.15, -0.1) is 0 Å². The second kappa shape index (κ2) is 9.21. The van der Waals surface area contributed by atoms with Gasteiger partial charge in [0.15, 0.2) is 5.11 Å². The molecule has 14 heavy (non-hydrogen) atoms. The van der Waals surface area contributed by atoms with Crippen LogP contribution in [0.25, 0.3) is 0 Å². The molecule has 0 fully saturated rings. The number of rotatable bonds is 7. The Labute approximate surface area is 92.6 Å². The van der Waals surface area contributed by atoms with Gasteiger partial charge in [0, 0.05) is 26.3 Å². The molecule has 84 valence electrons. The minimum Gasteiger partial charge on any atom is -0.385 e. The summed E-state index contributed by atoms with van der Waals surface area (Å²) in [5.41, 5.74) is 0. The van der Waals surface area contributed by atoms with Gasteiger partial charge in [0.1, 0.15) is 0 Å². The van der Waals surface area contributed by atoms with Gasteiger partial charge in [0.25, 0.3) is 0 Å². The highest BCUT2D eigenvalue weighted by Gasteiger charge is 2.01. The molecule has 0 spiro atoms. The summed E-state index contributed by atoms with van der Waals surface area (Å²) in [4.78, 5) is 0. The third-order valence-corrected chi connectivity index (χ3v) is 2.17. The largest absolute Gasteiger partial charge is 0.385 e. The fourth-order valence-corrected chi connectivity index (χ4v) is 1.50. The second-order valence-electron chi connectivity index (χ2n) is 3.44. The summed E-state index contributed by atoms with van der Waals surface area (Å²) in [6.45, 7) is 5.97. The van der Waals surface area contributed by atoms with Crippen LogP contribution in [0.2, 0.25) is 0 Å². The Morgan fingerprint density at radius 1 is 1.50 bits per heavy atom. The van der Waals surface area contributed by atoms with Crippen molar-refractivity contribution in [2.45, 2.75) is 39.2 Å². The minimum absolute atomic E-state index is 0.461. The van der Waals surface area contributed by atoms with Gasteiger partial charge in [0.2, 0.25) is 0 Å². The lowest BCUT2D eigenvalue weighted by Crippen LogP contribution is -2.40. The average Bonchev–Trinajstić information content (AvgIpc) is 2.13. The van der Waals surface area contributed by atoms with Crippen molar-refractivity contribution < 1.29 is 4.74 Å². The van der Waals surface area contributed by atoms with Crippen molar-refractivity contribution in [3.05, 3.63) is 0 Å². The molecule has 0 aromatic heterocycles. The molecule has 0 aromatic carbocycles. The van der Waals surface area contributed by atoms with E-state index in [0.29, 0.717) is 6.04 Å². The van der Waals surface area contributed by atoms with Crippen molar-refractivity contribution in [1.29, 1.82) is 0 Å². The summed E-state index contributed by atoms with van der Waals surface area (Å²) < 4.78 is 4.94. The van der Waals surface area contributed by atoms with Crippen molar-refractivity contribution in [1.82, 2.24) is 10.6 Å². The molecule has 1 atom stereocenters. The van der Waals surface area contributed by atoms with Gasteiger partial charge in [0.05, 0.1) is 0 Å². The van der Waals surface area contributed by atoms with Gasteiger partial charge in [-0.25, -0.2) is 0 Å². The van der Waals surface area contributed by atoms with E-state index in [-0.39, 0.29) is 0 Å². The molecule has 4 heteroatoms. The number of methoxy groups -OCH3 is 1. The monoisotopic (exact) mass is 218 g/mol. The predicted molar refractivity (Wildman–Crippen MR) is 64.6 cm³/mol. The van der Waals surface area contributed by atoms with Crippen LogP contribution in [0.15, 0.2) is 0 Å². The zero-order valence-corrected chi connectivity index (χ0v) is 10.2. The number of ether oxygens (including phenoxy) is 1. The molecule has 0 aliphatic rings. The van der Waals surface area contributed by atoms with Crippen LogP contribution >= 0.6 is 12.2 Å². The van der Waals surface area contributed by atoms with E-state index in [9.17, 15) is 0 Å². The number of nitrogens with one attached hydrogen (secondary N) is 2. The van der Waals surface area contributed by atoms with E-state index >= 15 is 0 Å². The molecule has 0 amide bonds. The van der Waals surface area contributed by atoms with E-state index in [4.69, 9.17) is 17.0 Å². The van der Waals surface area contributed by atoms with Crippen LogP contribution in [0.1, 0.15) is 33.1 Å². The first-order valence-electron chi connectivity index (χ1n) is 5.24. The van der Waals surface area contributed by atoms with E-state index in [2.05, 4.69) is 24.5 Å². The van der Waals surface area contributed by atoms with E-state index < -0.39 is 0 Å². The third-order valence-electron chi connectivity index (χ3n) is 1.91. The summed E-state index contributed by atoms with van der Waals surface area (Å²) >= 11 is 5.13. The molecular formula is C10H22N2OS. The van der Waals surface area contributed by atoms with Crippen molar-refractivity contribution >= 4 is 17.3 Å². The highest BCUT2D eigenvalue weighted by atomic mass is 32.1. The molecule has 0 heterocycles.